The Kier molecular flexibility index (Phi) is 7.06. The first kappa shape index (κ1) is 17.0. The molecule has 0 radical (unpaired) electrons. The highest BCUT2D eigenvalue weighted by atomic mass is 35.5. The van der Waals surface area contributed by atoms with Crippen LogP contribution in [-0.4, -0.2) is 24.6 Å². The van der Waals surface area contributed by atoms with Crippen molar-refractivity contribution in [2.24, 2.45) is 5.73 Å². The van der Waals surface area contributed by atoms with Crippen molar-refractivity contribution in [3.05, 3.63) is 29.3 Å². The number of benzene rings is 1. The average molecular weight is 293 g/mol. The van der Waals surface area contributed by atoms with Crippen LogP contribution in [-0.2, 0) is 4.79 Å². The summed E-state index contributed by atoms with van der Waals surface area (Å²) < 4.78 is 5.30. The number of halogens is 2. The molecule has 1 amide bonds. The van der Waals surface area contributed by atoms with Crippen LogP contribution in [0.3, 0.4) is 0 Å². The normalized spacial score (nSPS) is 10.4. The number of nitrogens with one attached hydrogen (secondary N) is 1. The van der Waals surface area contributed by atoms with Crippen LogP contribution in [0, 0.1) is 0 Å². The van der Waals surface area contributed by atoms with Crippen molar-refractivity contribution in [2.45, 2.75) is 19.4 Å². The molecule has 1 aromatic rings. The van der Waals surface area contributed by atoms with Gasteiger partial charge >= 0.3 is 0 Å². The number of amides is 1. The van der Waals surface area contributed by atoms with Gasteiger partial charge in [-0.25, -0.2) is 0 Å². The molecule has 6 heteroatoms. The molecule has 4 nitrogen and oxygen atoms in total. The summed E-state index contributed by atoms with van der Waals surface area (Å²) in [5.74, 6) is 0.408. The van der Waals surface area contributed by atoms with Gasteiger partial charge < -0.3 is 15.8 Å². The van der Waals surface area contributed by atoms with Gasteiger partial charge in [-0.1, -0.05) is 11.6 Å². The zero-order valence-electron chi connectivity index (χ0n) is 10.4. The van der Waals surface area contributed by atoms with Crippen molar-refractivity contribution < 1.29 is 9.53 Å². The molecule has 0 aliphatic rings. The lowest BCUT2D eigenvalue weighted by atomic mass is 10.1. The highest BCUT2D eigenvalue weighted by molar-refractivity contribution is 6.30. The van der Waals surface area contributed by atoms with Gasteiger partial charge in [0.2, 0.25) is 0 Å². The van der Waals surface area contributed by atoms with Crippen molar-refractivity contribution in [1.29, 1.82) is 0 Å². The molecule has 0 saturated carbocycles. The van der Waals surface area contributed by atoms with E-state index in [-0.39, 0.29) is 24.9 Å². The number of hydrogen-bond donors (Lipinski definition) is 2. The van der Waals surface area contributed by atoms with Crippen LogP contribution in [0.25, 0.3) is 0 Å². The second-order valence-electron chi connectivity index (χ2n) is 4.38. The average Bonchev–Trinajstić information content (AvgIpc) is 2.28. The van der Waals surface area contributed by atoms with Gasteiger partial charge in [0.05, 0.1) is 0 Å². The molecule has 0 unspecified atom stereocenters. The number of nitrogens with two attached hydrogens (primary N) is 1. The Hall–Kier alpha value is -0.970. The van der Waals surface area contributed by atoms with E-state index in [0.29, 0.717) is 17.3 Å². The van der Waals surface area contributed by atoms with Crippen molar-refractivity contribution in [3.8, 4) is 5.75 Å². The topological polar surface area (TPSA) is 64.3 Å². The van der Waals surface area contributed by atoms with E-state index in [1.165, 1.54) is 0 Å². The van der Waals surface area contributed by atoms with E-state index in [2.05, 4.69) is 5.32 Å². The Bertz CT molecular complexity index is 380. The Labute approximate surface area is 118 Å². The van der Waals surface area contributed by atoms with Crippen molar-refractivity contribution >= 4 is 29.9 Å². The molecule has 0 aliphatic heterocycles. The van der Waals surface area contributed by atoms with Crippen LogP contribution >= 0.6 is 24.0 Å². The summed E-state index contributed by atoms with van der Waals surface area (Å²) in [7, 11) is 0. The van der Waals surface area contributed by atoms with Crippen LogP contribution in [0.4, 0.5) is 0 Å². The number of rotatable bonds is 5. The quantitative estimate of drug-likeness (QED) is 0.872. The third-order valence-corrected chi connectivity index (χ3v) is 2.42. The van der Waals surface area contributed by atoms with E-state index in [9.17, 15) is 4.79 Å². The summed E-state index contributed by atoms with van der Waals surface area (Å²) in [6.07, 6.45) is 0. The van der Waals surface area contributed by atoms with E-state index in [1.807, 2.05) is 13.8 Å². The lowest BCUT2D eigenvalue weighted by Gasteiger charge is -2.24. The van der Waals surface area contributed by atoms with Gasteiger partial charge in [0.25, 0.3) is 5.91 Å². The van der Waals surface area contributed by atoms with E-state index >= 15 is 0 Å². The molecule has 0 fully saturated rings. The Morgan fingerprint density at radius 2 is 1.94 bits per heavy atom. The minimum atomic E-state index is -0.416. The minimum absolute atomic E-state index is 0. The molecule has 1 aromatic carbocycles. The fourth-order valence-electron chi connectivity index (χ4n) is 1.14. The van der Waals surface area contributed by atoms with Gasteiger partial charge in [0.1, 0.15) is 5.75 Å². The monoisotopic (exact) mass is 292 g/mol. The summed E-state index contributed by atoms with van der Waals surface area (Å²) in [6.45, 7) is 4.05. The van der Waals surface area contributed by atoms with Gasteiger partial charge in [-0.05, 0) is 38.1 Å². The maximum atomic E-state index is 11.5. The maximum absolute atomic E-state index is 11.5. The molecule has 0 aromatic heterocycles. The van der Waals surface area contributed by atoms with E-state index in [1.54, 1.807) is 24.3 Å². The summed E-state index contributed by atoms with van der Waals surface area (Å²) in [4.78, 5) is 11.5. The van der Waals surface area contributed by atoms with E-state index in [4.69, 9.17) is 22.1 Å². The summed E-state index contributed by atoms with van der Waals surface area (Å²) >= 11 is 5.73. The van der Waals surface area contributed by atoms with Crippen molar-refractivity contribution in [2.75, 3.05) is 13.2 Å². The van der Waals surface area contributed by atoms with E-state index in [0.717, 1.165) is 0 Å². The minimum Gasteiger partial charge on any atom is -0.484 e. The highest BCUT2D eigenvalue weighted by Crippen LogP contribution is 2.15. The molecule has 0 aliphatic carbocycles. The van der Waals surface area contributed by atoms with Gasteiger partial charge in [0.15, 0.2) is 6.61 Å². The number of ether oxygens (including phenoxy) is 1. The van der Waals surface area contributed by atoms with Crippen LogP contribution in [0.5, 0.6) is 5.75 Å². The van der Waals surface area contributed by atoms with Crippen LogP contribution < -0.4 is 15.8 Å². The molecule has 0 bridgehead atoms. The van der Waals surface area contributed by atoms with Crippen molar-refractivity contribution in [1.82, 2.24) is 5.32 Å². The first-order valence-corrected chi connectivity index (χ1v) is 5.70. The Morgan fingerprint density at radius 3 is 2.44 bits per heavy atom. The van der Waals surface area contributed by atoms with Gasteiger partial charge in [-0.2, -0.15) is 0 Å². The molecule has 0 atom stereocenters. The summed E-state index contributed by atoms with van der Waals surface area (Å²) in [5, 5.41) is 3.40. The standard InChI is InChI=1S/C12H17ClN2O2.ClH/c1-12(2,8-14)15-11(16)7-17-10-5-3-9(13)4-6-10;/h3-6H,7-8,14H2,1-2H3,(H,15,16);1H. The molecule has 0 spiro atoms. The smallest absolute Gasteiger partial charge is 0.258 e. The lowest BCUT2D eigenvalue weighted by molar-refractivity contribution is -0.124. The summed E-state index contributed by atoms with van der Waals surface area (Å²) in [6, 6.07) is 6.84. The fourth-order valence-corrected chi connectivity index (χ4v) is 1.27. The van der Waals surface area contributed by atoms with E-state index < -0.39 is 5.54 Å². The predicted octanol–water partition coefficient (Wildman–Crippen LogP) is 1.99. The molecule has 0 heterocycles. The lowest BCUT2D eigenvalue weighted by Crippen LogP contribution is -2.50. The third kappa shape index (κ3) is 6.10. The molecule has 1 rings (SSSR count). The van der Waals surface area contributed by atoms with Crippen LogP contribution in [0.2, 0.25) is 5.02 Å². The Morgan fingerprint density at radius 1 is 1.39 bits per heavy atom. The SMILES string of the molecule is CC(C)(CN)NC(=O)COc1ccc(Cl)cc1.Cl. The first-order chi connectivity index (χ1) is 7.93. The molecule has 18 heavy (non-hydrogen) atoms. The van der Waals surface area contributed by atoms with Gasteiger partial charge in [0, 0.05) is 17.1 Å². The third-order valence-electron chi connectivity index (χ3n) is 2.17. The zero-order valence-corrected chi connectivity index (χ0v) is 12.0. The second-order valence-corrected chi connectivity index (χ2v) is 4.82. The molecule has 102 valence electrons. The number of hydrogen-bond acceptors (Lipinski definition) is 3. The first-order valence-electron chi connectivity index (χ1n) is 5.32. The fraction of sp³-hybridized carbons (Fsp3) is 0.417. The van der Waals surface area contributed by atoms with Gasteiger partial charge in [-0.3, -0.25) is 4.79 Å². The molecule has 3 N–H and O–H groups in total. The number of carbonyl (C=O) groups is 1. The molecular weight excluding hydrogens is 275 g/mol. The van der Waals surface area contributed by atoms with Gasteiger partial charge in [-0.15, -0.1) is 12.4 Å². The van der Waals surface area contributed by atoms with Crippen LogP contribution in [0.15, 0.2) is 24.3 Å². The highest BCUT2D eigenvalue weighted by Gasteiger charge is 2.18. The predicted molar refractivity (Wildman–Crippen MR) is 75.5 cm³/mol. The zero-order chi connectivity index (χ0) is 12.9. The Balaban J connectivity index is 0.00000289. The van der Waals surface area contributed by atoms with Crippen LogP contribution in [0.1, 0.15) is 13.8 Å². The van der Waals surface area contributed by atoms with Crippen molar-refractivity contribution in [3.63, 3.8) is 0 Å². The maximum Gasteiger partial charge on any atom is 0.258 e. The largest absolute Gasteiger partial charge is 0.484 e. The summed E-state index contributed by atoms with van der Waals surface area (Å²) in [5.41, 5.74) is 5.09. The molecule has 0 saturated heterocycles. The molecular formula is C12H18Cl2N2O2. The second kappa shape index (κ2) is 7.46. The number of carbonyl (C=O) groups excluding carboxylic acids is 1.